The lowest BCUT2D eigenvalue weighted by molar-refractivity contribution is 0.102. The first-order chi connectivity index (χ1) is 19.9. The van der Waals surface area contributed by atoms with Crippen LogP contribution >= 0.6 is 11.3 Å². The number of unbranched alkanes of at least 4 members (excludes halogenated alkanes) is 2. The molecular weight excluding hydrogens is 522 g/mol. The van der Waals surface area contributed by atoms with Gasteiger partial charge >= 0.3 is 0 Å². The Morgan fingerprint density at radius 2 is 1.61 bits per heavy atom. The van der Waals surface area contributed by atoms with E-state index in [1.54, 1.807) is 6.92 Å². The van der Waals surface area contributed by atoms with Crippen molar-refractivity contribution in [1.82, 2.24) is 5.32 Å². The predicted octanol–water partition coefficient (Wildman–Crippen LogP) is 11.4. The number of benzene rings is 2. The molecular formula is C37H59NO2S. The second-order valence-electron chi connectivity index (χ2n) is 9.76. The normalized spacial score (nSPS) is 14.3. The van der Waals surface area contributed by atoms with Crippen LogP contribution in [0.25, 0.3) is 11.1 Å². The van der Waals surface area contributed by atoms with Crippen molar-refractivity contribution in [3.8, 4) is 16.9 Å². The Kier molecular flexibility index (Phi) is 20.9. The first kappa shape index (κ1) is 38.6. The van der Waals surface area contributed by atoms with Gasteiger partial charge in [0, 0.05) is 17.5 Å². The second-order valence-corrected chi connectivity index (χ2v) is 10.7. The molecule has 0 saturated carbocycles. The number of ketones is 1. The van der Waals surface area contributed by atoms with Gasteiger partial charge in [-0.3, -0.25) is 4.79 Å². The number of fused-ring (bicyclic) bond motifs is 1. The van der Waals surface area contributed by atoms with E-state index in [0.717, 1.165) is 29.3 Å². The summed E-state index contributed by atoms with van der Waals surface area (Å²) in [5.74, 6) is 1.26. The summed E-state index contributed by atoms with van der Waals surface area (Å²) in [5.41, 5.74) is 6.65. The number of thiophene rings is 1. The van der Waals surface area contributed by atoms with Gasteiger partial charge in [-0.15, -0.1) is 11.3 Å². The van der Waals surface area contributed by atoms with Crippen LogP contribution < -0.4 is 10.1 Å². The number of hydrogen-bond donors (Lipinski definition) is 1. The topological polar surface area (TPSA) is 38.3 Å². The summed E-state index contributed by atoms with van der Waals surface area (Å²) in [4.78, 5) is 12.0. The SMILES string of the molecule is CC.CC.CC.CC(=O)c1cc(-c2cccc(C)c2)cs1.CCCCCC1(CCC)COc2ccc(CNC)cc21. The Morgan fingerprint density at radius 1 is 0.902 bits per heavy atom. The minimum atomic E-state index is 0.138. The van der Waals surface area contributed by atoms with Crippen LogP contribution in [0.4, 0.5) is 0 Å². The number of carbonyl (C=O) groups excluding carboxylic acids is 1. The molecule has 41 heavy (non-hydrogen) atoms. The van der Waals surface area contributed by atoms with E-state index in [1.165, 1.54) is 72.1 Å². The third-order valence-electron chi connectivity index (χ3n) is 6.79. The van der Waals surface area contributed by atoms with Crippen LogP contribution in [0.15, 0.2) is 53.9 Å². The van der Waals surface area contributed by atoms with Gasteiger partial charge in [0.2, 0.25) is 0 Å². The average Bonchev–Trinajstić information content (AvgIpc) is 3.64. The molecule has 0 saturated heterocycles. The largest absolute Gasteiger partial charge is 0.492 e. The molecule has 0 bridgehead atoms. The average molecular weight is 582 g/mol. The Hall–Kier alpha value is -2.43. The van der Waals surface area contributed by atoms with E-state index >= 15 is 0 Å². The minimum Gasteiger partial charge on any atom is -0.492 e. The number of aryl methyl sites for hydroxylation is 1. The predicted molar refractivity (Wildman–Crippen MR) is 184 cm³/mol. The summed E-state index contributed by atoms with van der Waals surface area (Å²) >= 11 is 1.51. The highest BCUT2D eigenvalue weighted by molar-refractivity contribution is 7.12. The molecule has 4 rings (SSSR count). The van der Waals surface area contributed by atoms with Crippen molar-refractivity contribution in [2.24, 2.45) is 0 Å². The lowest BCUT2D eigenvalue weighted by Gasteiger charge is -2.28. The summed E-state index contributed by atoms with van der Waals surface area (Å²) in [6.45, 7) is 22.1. The van der Waals surface area contributed by atoms with E-state index in [2.05, 4.69) is 62.5 Å². The third-order valence-corrected chi connectivity index (χ3v) is 7.82. The van der Waals surface area contributed by atoms with Crippen LogP contribution in [-0.2, 0) is 12.0 Å². The van der Waals surface area contributed by atoms with Crippen molar-refractivity contribution in [1.29, 1.82) is 0 Å². The fourth-order valence-corrected chi connectivity index (χ4v) is 5.77. The first-order valence-electron chi connectivity index (χ1n) is 16.0. The number of Topliss-reactive ketones (excluding diaryl/α,β-unsaturated/α-hetero) is 1. The number of ether oxygens (including phenoxy) is 1. The van der Waals surface area contributed by atoms with Gasteiger partial charge in [0.25, 0.3) is 0 Å². The molecule has 2 heterocycles. The van der Waals surface area contributed by atoms with E-state index in [0.29, 0.717) is 0 Å². The standard InChI is InChI=1S/C18H29NO.C13H12OS.3C2H6/c1-4-6-7-11-18(10-5-2)14-20-17-9-8-15(13-19-3)12-16(17)18;1-9-4-3-5-11(6-9)12-7-13(10(2)14)15-8-12;3*1-2/h8-9,12,19H,4-7,10-11,13-14H2,1-3H3;3-8H,1-2H3;3*1-2H3. The Labute approximate surface area is 257 Å². The fraction of sp³-hybridized carbons (Fsp3) is 0.541. The summed E-state index contributed by atoms with van der Waals surface area (Å²) in [6.07, 6.45) is 7.67. The quantitative estimate of drug-likeness (QED) is 0.191. The monoisotopic (exact) mass is 581 g/mol. The molecule has 0 spiro atoms. The van der Waals surface area contributed by atoms with E-state index in [1.807, 2.05) is 66.1 Å². The summed E-state index contributed by atoms with van der Waals surface area (Å²) in [7, 11) is 2.00. The molecule has 0 fully saturated rings. The maximum absolute atomic E-state index is 11.2. The van der Waals surface area contributed by atoms with Gasteiger partial charge in [-0.1, -0.05) is 123 Å². The fourth-order valence-electron chi connectivity index (χ4n) is 4.95. The molecule has 1 unspecified atom stereocenters. The van der Waals surface area contributed by atoms with Gasteiger partial charge in [0.15, 0.2) is 5.78 Å². The zero-order chi connectivity index (χ0) is 31.3. The van der Waals surface area contributed by atoms with Gasteiger partial charge in [0.1, 0.15) is 5.75 Å². The zero-order valence-corrected chi connectivity index (χ0v) is 28.9. The maximum Gasteiger partial charge on any atom is 0.169 e. The highest BCUT2D eigenvalue weighted by Gasteiger charge is 2.39. The van der Waals surface area contributed by atoms with E-state index in [4.69, 9.17) is 4.74 Å². The molecule has 230 valence electrons. The van der Waals surface area contributed by atoms with Gasteiger partial charge < -0.3 is 10.1 Å². The van der Waals surface area contributed by atoms with Crippen molar-refractivity contribution < 1.29 is 9.53 Å². The molecule has 0 aliphatic carbocycles. The highest BCUT2D eigenvalue weighted by atomic mass is 32.1. The number of nitrogens with one attached hydrogen (secondary N) is 1. The number of rotatable bonds is 10. The van der Waals surface area contributed by atoms with E-state index < -0.39 is 0 Å². The zero-order valence-electron chi connectivity index (χ0n) is 28.1. The summed E-state index contributed by atoms with van der Waals surface area (Å²) in [6, 6.07) is 17.0. The molecule has 1 N–H and O–H groups in total. The van der Waals surface area contributed by atoms with Crippen molar-refractivity contribution in [2.45, 2.75) is 120 Å². The van der Waals surface area contributed by atoms with Crippen LogP contribution in [0.5, 0.6) is 5.75 Å². The minimum absolute atomic E-state index is 0.138. The molecule has 4 heteroatoms. The molecule has 0 amide bonds. The van der Waals surface area contributed by atoms with Crippen LogP contribution in [0.3, 0.4) is 0 Å². The maximum atomic E-state index is 11.2. The van der Waals surface area contributed by atoms with Gasteiger partial charge in [-0.2, -0.15) is 0 Å². The number of carbonyl (C=O) groups is 1. The van der Waals surface area contributed by atoms with Gasteiger partial charge in [0.05, 0.1) is 11.5 Å². The van der Waals surface area contributed by atoms with Gasteiger partial charge in [-0.05, 0) is 67.9 Å². The van der Waals surface area contributed by atoms with Crippen molar-refractivity contribution >= 4 is 17.1 Å². The Balaban J connectivity index is 0.000000677. The third kappa shape index (κ3) is 12.1. The molecule has 1 atom stereocenters. The number of hydrogen-bond acceptors (Lipinski definition) is 4. The van der Waals surface area contributed by atoms with Crippen molar-refractivity contribution in [3.05, 3.63) is 75.5 Å². The van der Waals surface area contributed by atoms with Crippen LogP contribution in [0.2, 0.25) is 0 Å². The van der Waals surface area contributed by atoms with Crippen molar-refractivity contribution in [3.63, 3.8) is 0 Å². The molecule has 1 aliphatic heterocycles. The molecule has 1 aromatic heterocycles. The van der Waals surface area contributed by atoms with Crippen LogP contribution in [0.1, 0.15) is 127 Å². The smallest absolute Gasteiger partial charge is 0.169 e. The highest BCUT2D eigenvalue weighted by Crippen LogP contribution is 2.45. The molecule has 2 aromatic carbocycles. The molecule has 0 radical (unpaired) electrons. The van der Waals surface area contributed by atoms with Crippen LogP contribution in [-0.4, -0.2) is 19.4 Å². The van der Waals surface area contributed by atoms with Crippen molar-refractivity contribution in [2.75, 3.05) is 13.7 Å². The lowest BCUT2D eigenvalue weighted by atomic mass is 9.74. The lowest BCUT2D eigenvalue weighted by Crippen LogP contribution is -2.28. The molecule has 3 aromatic rings. The Bertz CT molecular complexity index is 1100. The van der Waals surface area contributed by atoms with Gasteiger partial charge in [-0.25, -0.2) is 0 Å². The first-order valence-corrected chi connectivity index (χ1v) is 16.9. The van der Waals surface area contributed by atoms with E-state index in [9.17, 15) is 4.79 Å². The summed E-state index contributed by atoms with van der Waals surface area (Å²) < 4.78 is 6.01. The van der Waals surface area contributed by atoms with E-state index in [-0.39, 0.29) is 11.2 Å². The summed E-state index contributed by atoms with van der Waals surface area (Å²) in [5, 5.41) is 5.28. The second kappa shape index (κ2) is 22.2. The molecule has 1 aliphatic rings. The molecule has 3 nitrogen and oxygen atoms in total. The van der Waals surface area contributed by atoms with Crippen LogP contribution in [0, 0.1) is 6.92 Å². The Morgan fingerprint density at radius 3 is 2.17 bits per heavy atom.